The Morgan fingerprint density at radius 1 is 1.38 bits per heavy atom. The predicted octanol–water partition coefficient (Wildman–Crippen LogP) is 2.54. The van der Waals surface area contributed by atoms with Crippen LogP contribution in [0.25, 0.3) is 0 Å². The van der Waals surface area contributed by atoms with Crippen molar-refractivity contribution in [3.8, 4) is 11.5 Å². The molecule has 0 radical (unpaired) electrons. The zero-order valence-corrected chi connectivity index (χ0v) is 11.2. The first-order valence-corrected chi connectivity index (χ1v) is 6.17. The summed E-state index contributed by atoms with van der Waals surface area (Å²) in [6.45, 7) is 2.08. The molecular formula is C12H16BrNO2. The van der Waals surface area contributed by atoms with Gasteiger partial charge in [-0.25, -0.2) is 0 Å². The number of ether oxygens (including phenoxy) is 2. The number of likely N-dealkylation sites (N-methyl/N-ethyl adjacent to an activating group) is 1. The van der Waals surface area contributed by atoms with Crippen LogP contribution in [0.1, 0.15) is 6.42 Å². The van der Waals surface area contributed by atoms with Crippen LogP contribution in [0.4, 0.5) is 0 Å². The van der Waals surface area contributed by atoms with Crippen molar-refractivity contribution in [2.75, 3.05) is 27.2 Å². The maximum absolute atomic E-state index is 5.95. The van der Waals surface area contributed by atoms with E-state index in [-0.39, 0.29) is 6.10 Å². The van der Waals surface area contributed by atoms with Gasteiger partial charge in [-0.05, 0) is 31.7 Å². The monoisotopic (exact) mass is 285 g/mol. The zero-order valence-electron chi connectivity index (χ0n) is 9.57. The molecule has 1 aromatic carbocycles. The van der Waals surface area contributed by atoms with Crippen molar-refractivity contribution in [3.63, 3.8) is 0 Å². The fraction of sp³-hybridized carbons (Fsp3) is 0.500. The zero-order chi connectivity index (χ0) is 11.5. The van der Waals surface area contributed by atoms with Crippen molar-refractivity contribution < 1.29 is 9.47 Å². The van der Waals surface area contributed by atoms with Gasteiger partial charge in [0.25, 0.3) is 0 Å². The van der Waals surface area contributed by atoms with E-state index < -0.39 is 0 Å². The van der Waals surface area contributed by atoms with E-state index in [0.29, 0.717) is 0 Å². The van der Waals surface area contributed by atoms with Gasteiger partial charge in [0, 0.05) is 17.6 Å². The number of likely N-dealkylation sites (tertiary alicyclic amines) is 1. The third kappa shape index (κ3) is 2.68. The van der Waals surface area contributed by atoms with Gasteiger partial charge in [0.05, 0.1) is 7.11 Å². The van der Waals surface area contributed by atoms with Gasteiger partial charge in [-0.1, -0.05) is 15.9 Å². The number of rotatable bonds is 3. The lowest BCUT2D eigenvalue weighted by molar-refractivity contribution is 0.199. The van der Waals surface area contributed by atoms with Crippen LogP contribution in [0, 0.1) is 0 Å². The van der Waals surface area contributed by atoms with Crippen molar-refractivity contribution in [2.24, 2.45) is 0 Å². The van der Waals surface area contributed by atoms with Crippen molar-refractivity contribution in [3.05, 3.63) is 22.7 Å². The fourth-order valence-corrected chi connectivity index (χ4v) is 2.25. The summed E-state index contributed by atoms with van der Waals surface area (Å²) in [5, 5.41) is 0. The van der Waals surface area contributed by atoms with Gasteiger partial charge in [-0.3, -0.25) is 0 Å². The Labute approximate surface area is 104 Å². The predicted molar refractivity (Wildman–Crippen MR) is 67.2 cm³/mol. The van der Waals surface area contributed by atoms with Gasteiger partial charge < -0.3 is 14.4 Å². The molecule has 0 spiro atoms. The molecule has 4 heteroatoms. The van der Waals surface area contributed by atoms with Gasteiger partial charge >= 0.3 is 0 Å². The van der Waals surface area contributed by atoms with Crippen LogP contribution in [-0.4, -0.2) is 38.3 Å². The molecule has 1 saturated heterocycles. The molecule has 1 aromatic rings. The van der Waals surface area contributed by atoms with E-state index in [0.717, 1.165) is 35.5 Å². The summed E-state index contributed by atoms with van der Waals surface area (Å²) in [5.41, 5.74) is 0. The summed E-state index contributed by atoms with van der Waals surface area (Å²) in [4.78, 5) is 2.27. The molecule has 2 rings (SSSR count). The molecule has 1 heterocycles. The summed E-state index contributed by atoms with van der Waals surface area (Å²) >= 11 is 3.44. The van der Waals surface area contributed by atoms with E-state index in [1.807, 2.05) is 18.2 Å². The van der Waals surface area contributed by atoms with E-state index >= 15 is 0 Å². The van der Waals surface area contributed by atoms with E-state index in [4.69, 9.17) is 9.47 Å². The Kier molecular flexibility index (Phi) is 3.71. The molecule has 0 bridgehead atoms. The Morgan fingerprint density at radius 2 is 2.19 bits per heavy atom. The van der Waals surface area contributed by atoms with Crippen molar-refractivity contribution in [1.82, 2.24) is 4.90 Å². The minimum Gasteiger partial charge on any atom is -0.493 e. The number of hydrogen-bond acceptors (Lipinski definition) is 3. The van der Waals surface area contributed by atoms with Crippen LogP contribution in [0.3, 0.4) is 0 Å². The highest BCUT2D eigenvalue weighted by Crippen LogP contribution is 2.32. The van der Waals surface area contributed by atoms with Crippen molar-refractivity contribution >= 4 is 15.9 Å². The summed E-state index contributed by atoms with van der Waals surface area (Å²) in [6.07, 6.45) is 1.35. The third-order valence-corrected chi connectivity index (χ3v) is 3.26. The standard InChI is InChI=1S/C12H16BrNO2/c1-14-6-5-10(8-14)16-12-7-9(13)3-4-11(12)15-2/h3-4,7,10H,5-6,8H2,1-2H3. The summed E-state index contributed by atoms with van der Waals surface area (Å²) in [5.74, 6) is 1.61. The molecule has 0 N–H and O–H groups in total. The van der Waals surface area contributed by atoms with Crippen LogP contribution in [0.5, 0.6) is 11.5 Å². The lowest BCUT2D eigenvalue weighted by Crippen LogP contribution is -2.21. The molecule has 0 saturated carbocycles. The highest BCUT2D eigenvalue weighted by Gasteiger charge is 2.22. The number of methoxy groups -OCH3 is 1. The SMILES string of the molecule is COc1ccc(Br)cc1OC1CCN(C)C1. The van der Waals surface area contributed by atoms with Gasteiger partial charge in [-0.2, -0.15) is 0 Å². The molecule has 1 fully saturated rings. The topological polar surface area (TPSA) is 21.7 Å². The Hall–Kier alpha value is -0.740. The normalized spacial score (nSPS) is 21.1. The van der Waals surface area contributed by atoms with Crippen molar-refractivity contribution in [1.29, 1.82) is 0 Å². The summed E-state index contributed by atoms with van der Waals surface area (Å²) < 4.78 is 12.2. The maximum atomic E-state index is 5.95. The molecule has 1 atom stereocenters. The average Bonchev–Trinajstić information content (AvgIpc) is 2.64. The first kappa shape index (κ1) is 11.7. The molecular weight excluding hydrogens is 270 g/mol. The second-order valence-corrected chi connectivity index (χ2v) is 5.00. The molecule has 0 amide bonds. The van der Waals surface area contributed by atoms with E-state index in [1.165, 1.54) is 0 Å². The van der Waals surface area contributed by atoms with Gasteiger partial charge in [0.15, 0.2) is 11.5 Å². The van der Waals surface area contributed by atoms with E-state index in [9.17, 15) is 0 Å². The van der Waals surface area contributed by atoms with E-state index in [2.05, 4.69) is 27.9 Å². The second kappa shape index (κ2) is 5.06. The van der Waals surface area contributed by atoms with Gasteiger partial charge in [0.1, 0.15) is 6.10 Å². The molecule has 0 aliphatic carbocycles. The minimum absolute atomic E-state index is 0.271. The average molecular weight is 286 g/mol. The largest absolute Gasteiger partial charge is 0.493 e. The summed E-state index contributed by atoms with van der Waals surface area (Å²) in [7, 11) is 3.78. The Bertz CT molecular complexity index is 370. The summed E-state index contributed by atoms with van der Waals surface area (Å²) in [6, 6.07) is 5.82. The lowest BCUT2D eigenvalue weighted by Gasteiger charge is -2.16. The van der Waals surface area contributed by atoms with E-state index in [1.54, 1.807) is 7.11 Å². The van der Waals surface area contributed by atoms with Gasteiger partial charge in [-0.15, -0.1) is 0 Å². The number of halogens is 1. The van der Waals surface area contributed by atoms with Crippen LogP contribution in [-0.2, 0) is 0 Å². The third-order valence-electron chi connectivity index (χ3n) is 2.77. The Morgan fingerprint density at radius 3 is 2.81 bits per heavy atom. The first-order valence-electron chi connectivity index (χ1n) is 5.38. The second-order valence-electron chi connectivity index (χ2n) is 4.09. The smallest absolute Gasteiger partial charge is 0.162 e. The maximum Gasteiger partial charge on any atom is 0.162 e. The molecule has 3 nitrogen and oxygen atoms in total. The fourth-order valence-electron chi connectivity index (χ4n) is 1.91. The van der Waals surface area contributed by atoms with Crippen LogP contribution >= 0.6 is 15.9 Å². The first-order chi connectivity index (χ1) is 7.69. The molecule has 1 aliphatic heterocycles. The van der Waals surface area contributed by atoms with Crippen LogP contribution in [0.2, 0.25) is 0 Å². The lowest BCUT2D eigenvalue weighted by atomic mass is 10.3. The number of nitrogens with zero attached hydrogens (tertiary/aromatic N) is 1. The van der Waals surface area contributed by atoms with Crippen LogP contribution in [0.15, 0.2) is 22.7 Å². The molecule has 88 valence electrons. The number of hydrogen-bond donors (Lipinski definition) is 0. The highest BCUT2D eigenvalue weighted by atomic mass is 79.9. The molecule has 16 heavy (non-hydrogen) atoms. The molecule has 1 aliphatic rings. The molecule has 1 unspecified atom stereocenters. The van der Waals surface area contributed by atoms with Crippen molar-refractivity contribution in [2.45, 2.75) is 12.5 Å². The molecule has 0 aromatic heterocycles. The highest BCUT2D eigenvalue weighted by molar-refractivity contribution is 9.10. The minimum atomic E-state index is 0.271. The quantitative estimate of drug-likeness (QED) is 0.852. The number of benzene rings is 1. The van der Waals surface area contributed by atoms with Gasteiger partial charge in [0.2, 0.25) is 0 Å². The Balaban J connectivity index is 2.10. The van der Waals surface area contributed by atoms with Crippen LogP contribution < -0.4 is 9.47 Å².